The third kappa shape index (κ3) is 4.01. The summed E-state index contributed by atoms with van der Waals surface area (Å²) >= 11 is 4.17. The van der Waals surface area contributed by atoms with E-state index in [0.29, 0.717) is 12.0 Å². The van der Waals surface area contributed by atoms with Gasteiger partial charge >= 0.3 is 0 Å². The van der Waals surface area contributed by atoms with E-state index in [0.717, 1.165) is 13.0 Å². The number of hydrogen-bond donors (Lipinski definition) is 1. The number of methoxy groups -OCH3 is 1. The molecule has 0 aromatic carbocycles. The van der Waals surface area contributed by atoms with Crippen LogP contribution < -0.4 is 5.32 Å². The van der Waals surface area contributed by atoms with Crippen LogP contribution in [0.3, 0.4) is 0 Å². The molecule has 1 N–H and O–H groups in total. The fourth-order valence-corrected chi connectivity index (χ4v) is 3.15. The second-order valence-electron chi connectivity index (χ2n) is 3.71. The summed E-state index contributed by atoms with van der Waals surface area (Å²) in [6, 6.07) is 2.70. The van der Waals surface area contributed by atoms with Gasteiger partial charge in [-0.2, -0.15) is 0 Å². The van der Waals surface area contributed by atoms with Crippen LogP contribution in [0.2, 0.25) is 0 Å². The SMILES string of the molecule is CNC(c1csc(I)c1)C(C)CCOC. The predicted molar refractivity (Wildman–Crippen MR) is 74.5 cm³/mol. The first-order valence-electron chi connectivity index (χ1n) is 5.09. The maximum atomic E-state index is 5.12. The van der Waals surface area contributed by atoms with Crippen molar-refractivity contribution in [2.75, 3.05) is 20.8 Å². The molecule has 1 rings (SSSR count). The molecule has 1 heterocycles. The number of ether oxygens (including phenoxy) is 1. The molecule has 0 saturated heterocycles. The number of halogens is 1. The Morgan fingerprint density at radius 2 is 2.33 bits per heavy atom. The minimum Gasteiger partial charge on any atom is -0.385 e. The van der Waals surface area contributed by atoms with E-state index in [2.05, 4.69) is 46.3 Å². The first-order chi connectivity index (χ1) is 7.19. The maximum absolute atomic E-state index is 5.12. The van der Waals surface area contributed by atoms with E-state index < -0.39 is 0 Å². The van der Waals surface area contributed by atoms with Gasteiger partial charge < -0.3 is 10.1 Å². The zero-order valence-electron chi connectivity index (χ0n) is 9.42. The molecule has 2 atom stereocenters. The number of nitrogens with one attached hydrogen (secondary N) is 1. The van der Waals surface area contributed by atoms with Crippen molar-refractivity contribution in [2.45, 2.75) is 19.4 Å². The van der Waals surface area contributed by atoms with Gasteiger partial charge in [0.25, 0.3) is 0 Å². The first kappa shape index (κ1) is 13.4. The van der Waals surface area contributed by atoms with Gasteiger partial charge in [-0.1, -0.05) is 6.92 Å². The predicted octanol–water partition coefficient (Wildman–Crippen LogP) is 3.29. The van der Waals surface area contributed by atoms with Gasteiger partial charge in [-0.15, -0.1) is 11.3 Å². The summed E-state index contributed by atoms with van der Waals surface area (Å²) in [5, 5.41) is 5.63. The van der Waals surface area contributed by atoms with Crippen LogP contribution in [0.4, 0.5) is 0 Å². The molecule has 1 aromatic heterocycles. The normalized spacial score (nSPS) is 15.2. The number of thiophene rings is 1. The molecule has 0 aliphatic carbocycles. The average Bonchev–Trinajstić information content (AvgIpc) is 2.63. The highest BCUT2D eigenvalue weighted by Gasteiger charge is 2.18. The summed E-state index contributed by atoms with van der Waals surface area (Å²) in [4.78, 5) is 0. The summed E-state index contributed by atoms with van der Waals surface area (Å²) in [7, 11) is 3.78. The van der Waals surface area contributed by atoms with Crippen molar-refractivity contribution < 1.29 is 4.74 Å². The zero-order valence-corrected chi connectivity index (χ0v) is 12.4. The van der Waals surface area contributed by atoms with E-state index in [9.17, 15) is 0 Å². The van der Waals surface area contributed by atoms with E-state index in [1.807, 2.05) is 7.05 Å². The molecule has 0 aliphatic heterocycles. The highest BCUT2D eigenvalue weighted by atomic mass is 127. The van der Waals surface area contributed by atoms with E-state index in [1.54, 1.807) is 18.4 Å². The lowest BCUT2D eigenvalue weighted by Gasteiger charge is -2.22. The summed E-state index contributed by atoms with van der Waals surface area (Å²) in [6.45, 7) is 3.10. The smallest absolute Gasteiger partial charge is 0.0656 e. The topological polar surface area (TPSA) is 21.3 Å². The second kappa shape index (κ2) is 6.83. The van der Waals surface area contributed by atoms with Gasteiger partial charge in [0.1, 0.15) is 0 Å². The Kier molecular flexibility index (Phi) is 6.11. The van der Waals surface area contributed by atoms with Crippen molar-refractivity contribution in [3.63, 3.8) is 0 Å². The molecule has 0 radical (unpaired) electrons. The Morgan fingerprint density at radius 3 is 2.80 bits per heavy atom. The van der Waals surface area contributed by atoms with Crippen LogP contribution in [-0.4, -0.2) is 20.8 Å². The van der Waals surface area contributed by atoms with Crippen LogP contribution in [0.1, 0.15) is 24.9 Å². The highest BCUT2D eigenvalue weighted by Crippen LogP contribution is 2.28. The van der Waals surface area contributed by atoms with Gasteiger partial charge in [0.05, 0.1) is 2.88 Å². The van der Waals surface area contributed by atoms with Crippen LogP contribution >= 0.6 is 33.9 Å². The molecule has 15 heavy (non-hydrogen) atoms. The molecular formula is C11H18INOS. The Bertz CT molecular complexity index is 290. The van der Waals surface area contributed by atoms with Crippen molar-refractivity contribution in [1.29, 1.82) is 0 Å². The van der Waals surface area contributed by atoms with E-state index in [-0.39, 0.29) is 0 Å². The molecule has 2 nitrogen and oxygen atoms in total. The molecule has 86 valence electrons. The van der Waals surface area contributed by atoms with Crippen molar-refractivity contribution in [1.82, 2.24) is 5.32 Å². The minimum atomic E-state index is 0.444. The molecular weight excluding hydrogens is 321 g/mol. The van der Waals surface area contributed by atoms with Gasteiger partial charge in [-0.05, 0) is 59.0 Å². The molecule has 0 bridgehead atoms. The van der Waals surface area contributed by atoms with E-state index in [1.165, 1.54) is 8.45 Å². The lowest BCUT2D eigenvalue weighted by molar-refractivity contribution is 0.171. The maximum Gasteiger partial charge on any atom is 0.0656 e. The molecule has 0 aliphatic rings. The number of rotatable bonds is 6. The lowest BCUT2D eigenvalue weighted by Crippen LogP contribution is -2.23. The summed E-state index contributed by atoms with van der Waals surface area (Å²) < 4.78 is 6.47. The Hall–Kier alpha value is 0.350. The molecule has 4 heteroatoms. The zero-order chi connectivity index (χ0) is 11.3. The van der Waals surface area contributed by atoms with Gasteiger partial charge in [-0.25, -0.2) is 0 Å². The molecule has 0 amide bonds. The number of hydrogen-bond acceptors (Lipinski definition) is 3. The standard InChI is InChI=1S/C11H18INOS/c1-8(4-5-14-3)11(13-2)9-6-10(12)15-7-9/h6-8,11,13H,4-5H2,1-3H3. The van der Waals surface area contributed by atoms with Crippen molar-refractivity contribution >= 4 is 33.9 Å². The molecule has 1 aromatic rings. The quantitative estimate of drug-likeness (QED) is 0.803. The van der Waals surface area contributed by atoms with Crippen molar-refractivity contribution in [2.24, 2.45) is 5.92 Å². The molecule has 0 saturated carbocycles. The molecule has 2 unspecified atom stereocenters. The van der Waals surface area contributed by atoms with E-state index >= 15 is 0 Å². The molecule has 0 spiro atoms. The third-order valence-electron chi connectivity index (χ3n) is 2.60. The van der Waals surface area contributed by atoms with E-state index in [4.69, 9.17) is 4.74 Å². The van der Waals surface area contributed by atoms with Crippen LogP contribution in [0.25, 0.3) is 0 Å². The molecule has 0 fully saturated rings. The second-order valence-corrected chi connectivity index (χ2v) is 6.51. The summed E-state index contributed by atoms with van der Waals surface area (Å²) in [6.07, 6.45) is 1.09. The van der Waals surface area contributed by atoms with Crippen LogP contribution in [0.5, 0.6) is 0 Å². The largest absolute Gasteiger partial charge is 0.385 e. The van der Waals surface area contributed by atoms with Gasteiger partial charge in [0, 0.05) is 19.8 Å². The Balaban J connectivity index is 2.62. The van der Waals surface area contributed by atoms with Gasteiger partial charge in [0.2, 0.25) is 0 Å². The Labute approximate surface area is 110 Å². The minimum absolute atomic E-state index is 0.444. The average molecular weight is 339 g/mol. The third-order valence-corrected chi connectivity index (χ3v) is 4.41. The highest BCUT2D eigenvalue weighted by molar-refractivity contribution is 14.1. The fourth-order valence-electron chi connectivity index (χ4n) is 1.74. The fraction of sp³-hybridized carbons (Fsp3) is 0.636. The van der Waals surface area contributed by atoms with Crippen molar-refractivity contribution in [3.8, 4) is 0 Å². The van der Waals surface area contributed by atoms with Gasteiger partial charge in [-0.3, -0.25) is 0 Å². The first-order valence-corrected chi connectivity index (χ1v) is 7.05. The lowest BCUT2D eigenvalue weighted by atomic mass is 9.94. The summed E-state index contributed by atoms with van der Waals surface area (Å²) in [5.74, 6) is 0.598. The summed E-state index contributed by atoms with van der Waals surface area (Å²) in [5.41, 5.74) is 1.40. The van der Waals surface area contributed by atoms with Crippen LogP contribution in [-0.2, 0) is 4.74 Å². The monoisotopic (exact) mass is 339 g/mol. The van der Waals surface area contributed by atoms with Crippen LogP contribution in [0, 0.1) is 8.80 Å². The van der Waals surface area contributed by atoms with Gasteiger partial charge in [0.15, 0.2) is 0 Å². The van der Waals surface area contributed by atoms with Crippen LogP contribution in [0.15, 0.2) is 11.4 Å². The van der Waals surface area contributed by atoms with Crippen molar-refractivity contribution in [3.05, 3.63) is 19.9 Å². The Morgan fingerprint density at radius 1 is 1.60 bits per heavy atom.